The molecule has 1 aliphatic carbocycles. The van der Waals surface area contributed by atoms with Crippen LogP contribution in [-0.4, -0.2) is 17.0 Å². The molecular formula is C17H20N2O2. The molecule has 2 aromatic rings. The fraction of sp³-hybridized carbons (Fsp3) is 0.412. The lowest BCUT2D eigenvalue weighted by Gasteiger charge is -2.14. The minimum atomic E-state index is -0.150. The van der Waals surface area contributed by atoms with Gasteiger partial charge in [-0.2, -0.15) is 0 Å². The van der Waals surface area contributed by atoms with E-state index in [9.17, 15) is 9.59 Å². The second-order valence-electron chi connectivity index (χ2n) is 5.78. The van der Waals surface area contributed by atoms with E-state index in [0.717, 1.165) is 30.2 Å². The summed E-state index contributed by atoms with van der Waals surface area (Å²) in [5.41, 5.74) is 1.51. The molecule has 1 aliphatic rings. The molecule has 1 heterocycles. The third-order valence-electron chi connectivity index (χ3n) is 3.89. The summed E-state index contributed by atoms with van der Waals surface area (Å²) >= 11 is 0. The van der Waals surface area contributed by atoms with Crippen molar-refractivity contribution in [1.29, 1.82) is 0 Å². The predicted octanol–water partition coefficient (Wildman–Crippen LogP) is 2.78. The van der Waals surface area contributed by atoms with Gasteiger partial charge in [-0.25, -0.2) is 0 Å². The minimum Gasteiger partial charge on any atom is -0.351 e. The highest BCUT2D eigenvalue weighted by Gasteiger charge is 2.29. The normalized spacial score (nSPS) is 14.4. The Morgan fingerprint density at radius 3 is 2.76 bits per heavy atom. The van der Waals surface area contributed by atoms with E-state index in [0.29, 0.717) is 17.6 Å². The zero-order chi connectivity index (χ0) is 15.0. The van der Waals surface area contributed by atoms with Crippen LogP contribution in [0.15, 0.2) is 29.1 Å². The number of carbonyl (C=O) groups excluding carboxylic acids is 1. The molecule has 4 nitrogen and oxygen atoms in total. The molecule has 0 spiro atoms. The van der Waals surface area contributed by atoms with Crippen LogP contribution in [0.4, 0.5) is 0 Å². The number of aryl methyl sites for hydroxylation is 1. The van der Waals surface area contributed by atoms with E-state index in [-0.39, 0.29) is 17.5 Å². The predicted molar refractivity (Wildman–Crippen MR) is 83.8 cm³/mol. The molecule has 0 atom stereocenters. The second-order valence-corrected chi connectivity index (χ2v) is 5.78. The van der Waals surface area contributed by atoms with Gasteiger partial charge in [-0.15, -0.1) is 0 Å². The maximum Gasteiger partial charge on any atom is 0.268 e. The summed E-state index contributed by atoms with van der Waals surface area (Å²) in [7, 11) is 0. The molecule has 1 saturated carbocycles. The van der Waals surface area contributed by atoms with Gasteiger partial charge in [-0.3, -0.25) is 9.59 Å². The van der Waals surface area contributed by atoms with Crippen molar-refractivity contribution in [2.45, 2.75) is 39.2 Å². The Morgan fingerprint density at radius 2 is 2.10 bits per heavy atom. The number of hydrogen-bond acceptors (Lipinski definition) is 2. The van der Waals surface area contributed by atoms with Gasteiger partial charge in [0.2, 0.25) is 0 Å². The first-order chi connectivity index (χ1) is 10.1. The van der Waals surface area contributed by atoms with Crippen molar-refractivity contribution in [1.82, 2.24) is 9.88 Å². The van der Waals surface area contributed by atoms with Crippen LogP contribution in [0.5, 0.6) is 0 Å². The first-order valence-electron chi connectivity index (χ1n) is 7.56. The number of rotatable bonds is 4. The van der Waals surface area contributed by atoms with Crippen molar-refractivity contribution in [2.24, 2.45) is 0 Å². The van der Waals surface area contributed by atoms with Gasteiger partial charge < -0.3 is 9.88 Å². The smallest absolute Gasteiger partial charge is 0.268 e. The molecule has 1 fully saturated rings. The Labute approximate surface area is 123 Å². The van der Waals surface area contributed by atoms with Crippen LogP contribution in [0.25, 0.3) is 10.8 Å². The molecule has 110 valence electrons. The highest BCUT2D eigenvalue weighted by atomic mass is 16.2. The third-order valence-corrected chi connectivity index (χ3v) is 3.89. The molecule has 1 amide bonds. The number of hydrogen-bond donors (Lipinski definition) is 1. The van der Waals surface area contributed by atoms with Gasteiger partial charge in [0, 0.05) is 18.0 Å². The van der Waals surface area contributed by atoms with E-state index in [2.05, 4.69) is 5.32 Å². The maximum absolute atomic E-state index is 12.7. The van der Waals surface area contributed by atoms with Crippen molar-refractivity contribution < 1.29 is 4.79 Å². The van der Waals surface area contributed by atoms with Crippen molar-refractivity contribution in [3.05, 3.63) is 45.9 Å². The van der Waals surface area contributed by atoms with Crippen LogP contribution in [-0.2, 0) is 0 Å². The van der Waals surface area contributed by atoms with Crippen LogP contribution in [0.2, 0.25) is 0 Å². The summed E-state index contributed by atoms with van der Waals surface area (Å²) in [6.45, 7) is 4.61. The molecule has 1 aromatic heterocycles. The zero-order valence-corrected chi connectivity index (χ0v) is 12.5. The highest BCUT2D eigenvalue weighted by Crippen LogP contribution is 2.35. The number of pyridine rings is 1. The maximum atomic E-state index is 12.7. The van der Waals surface area contributed by atoms with E-state index in [1.54, 1.807) is 4.57 Å². The van der Waals surface area contributed by atoms with E-state index in [1.165, 1.54) is 0 Å². The van der Waals surface area contributed by atoms with Crippen LogP contribution in [0, 0.1) is 6.92 Å². The average molecular weight is 284 g/mol. The lowest BCUT2D eigenvalue weighted by Crippen LogP contribution is -2.32. The van der Waals surface area contributed by atoms with Gasteiger partial charge in [0.05, 0.1) is 0 Å². The molecule has 4 heteroatoms. The number of nitrogens with one attached hydrogen (secondary N) is 1. The summed E-state index contributed by atoms with van der Waals surface area (Å²) < 4.78 is 1.69. The first-order valence-corrected chi connectivity index (χ1v) is 7.56. The summed E-state index contributed by atoms with van der Waals surface area (Å²) in [6, 6.07) is 7.82. The monoisotopic (exact) mass is 284 g/mol. The molecule has 0 unspecified atom stereocenters. The fourth-order valence-corrected chi connectivity index (χ4v) is 2.64. The molecule has 0 saturated heterocycles. The lowest BCUT2D eigenvalue weighted by molar-refractivity contribution is 0.0943. The lowest BCUT2D eigenvalue weighted by atomic mass is 10.1. The number of benzene rings is 1. The largest absolute Gasteiger partial charge is 0.351 e. The van der Waals surface area contributed by atoms with E-state index in [1.807, 2.05) is 38.1 Å². The number of aromatic nitrogens is 1. The number of nitrogens with zero attached hydrogens (tertiary/aromatic N) is 1. The van der Waals surface area contributed by atoms with Crippen LogP contribution in [0.3, 0.4) is 0 Å². The molecule has 0 aliphatic heterocycles. The Balaban J connectivity index is 2.18. The molecule has 1 N–H and O–H groups in total. The van der Waals surface area contributed by atoms with Gasteiger partial charge in [-0.05, 0) is 43.7 Å². The summed E-state index contributed by atoms with van der Waals surface area (Å²) in [5, 5.41) is 4.42. The van der Waals surface area contributed by atoms with Gasteiger partial charge in [0.1, 0.15) is 5.69 Å². The topological polar surface area (TPSA) is 51.1 Å². The number of amides is 1. The summed E-state index contributed by atoms with van der Waals surface area (Å²) in [4.78, 5) is 25.1. The van der Waals surface area contributed by atoms with Gasteiger partial charge in [-0.1, -0.05) is 24.6 Å². The SMILES string of the molecule is CCCNC(=O)c1cc2ccc(C)cc2c(=O)n1C1CC1. The highest BCUT2D eigenvalue weighted by molar-refractivity contribution is 5.96. The molecule has 21 heavy (non-hydrogen) atoms. The van der Waals surface area contributed by atoms with Crippen LogP contribution >= 0.6 is 0 Å². The third kappa shape index (κ3) is 2.58. The van der Waals surface area contributed by atoms with Gasteiger partial charge >= 0.3 is 0 Å². The Kier molecular flexibility index (Phi) is 3.53. The summed E-state index contributed by atoms with van der Waals surface area (Å²) in [6.07, 6.45) is 2.84. The van der Waals surface area contributed by atoms with Crippen molar-refractivity contribution >= 4 is 16.7 Å². The molecule has 1 aromatic carbocycles. The van der Waals surface area contributed by atoms with Crippen LogP contribution < -0.4 is 10.9 Å². The first kappa shape index (κ1) is 13.9. The Bertz CT molecular complexity index is 757. The minimum absolute atomic E-state index is 0.0413. The molecule has 0 bridgehead atoms. The van der Waals surface area contributed by atoms with Crippen molar-refractivity contribution in [2.75, 3.05) is 6.54 Å². The van der Waals surface area contributed by atoms with Gasteiger partial charge in [0.25, 0.3) is 11.5 Å². The molecule has 0 radical (unpaired) electrons. The van der Waals surface area contributed by atoms with Crippen molar-refractivity contribution in [3.63, 3.8) is 0 Å². The standard InChI is InChI=1S/C17H20N2O2/c1-3-8-18-16(20)15-10-12-5-4-11(2)9-14(12)17(21)19(15)13-6-7-13/h4-5,9-10,13H,3,6-8H2,1-2H3,(H,18,20). The Morgan fingerprint density at radius 1 is 1.33 bits per heavy atom. The number of carbonyl (C=O) groups is 1. The van der Waals surface area contributed by atoms with Crippen LogP contribution in [0.1, 0.15) is 48.3 Å². The number of fused-ring (bicyclic) bond motifs is 1. The van der Waals surface area contributed by atoms with Crippen molar-refractivity contribution in [3.8, 4) is 0 Å². The quantitative estimate of drug-likeness (QED) is 0.938. The van der Waals surface area contributed by atoms with E-state index >= 15 is 0 Å². The second kappa shape index (κ2) is 5.35. The van der Waals surface area contributed by atoms with E-state index in [4.69, 9.17) is 0 Å². The zero-order valence-electron chi connectivity index (χ0n) is 12.5. The molecular weight excluding hydrogens is 264 g/mol. The fourth-order valence-electron chi connectivity index (χ4n) is 2.64. The Hall–Kier alpha value is -2.10. The average Bonchev–Trinajstić information content (AvgIpc) is 3.29. The summed E-state index contributed by atoms with van der Waals surface area (Å²) in [5.74, 6) is -0.150. The van der Waals surface area contributed by atoms with Gasteiger partial charge in [0.15, 0.2) is 0 Å². The van der Waals surface area contributed by atoms with E-state index < -0.39 is 0 Å². The molecule has 3 rings (SSSR count).